The number of halogens is 1. The van der Waals surface area contributed by atoms with Crippen LogP contribution in [0.2, 0.25) is 0 Å². The Morgan fingerprint density at radius 3 is 2.70 bits per heavy atom. The topological polar surface area (TPSA) is 48.9 Å². The molecule has 0 spiro atoms. The highest BCUT2D eigenvalue weighted by molar-refractivity contribution is 14.0. The number of guanidine groups is 1. The Kier molecular flexibility index (Phi) is 10.1. The number of aliphatic imine (C=N–C) groups is 1. The minimum atomic E-state index is 0. The summed E-state index contributed by atoms with van der Waals surface area (Å²) in [6.45, 7) is 11.1. The van der Waals surface area contributed by atoms with E-state index in [0.717, 1.165) is 51.9 Å². The van der Waals surface area contributed by atoms with Crippen molar-refractivity contribution < 1.29 is 4.74 Å². The summed E-state index contributed by atoms with van der Waals surface area (Å²) in [7, 11) is 1.82. The number of hydrogen-bond acceptors (Lipinski definition) is 4. The zero-order chi connectivity index (χ0) is 15.8. The molecule has 1 fully saturated rings. The van der Waals surface area contributed by atoms with Gasteiger partial charge in [-0.3, -0.25) is 9.89 Å². The van der Waals surface area contributed by atoms with Gasteiger partial charge in [-0.05, 0) is 25.0 Å². The first kappa shape index (κ1) is 20.7. The lowest BCUT2D eigenvalue weighted by Gasteiger charge is -2.29. The number of nitrogens with zero attached hydrogens (tertiary/aromatic N) is 2. The molecule has 5 nitrogen and oxygen atoms in total. The van der Waals surface area contributed by atoms with Crippen molar-refractivity contribution in [2.24, 2.45) is 10.9 Å². The van der Waals surface area contributed by atoms with Crippen molar-refractivity contribution in [2.75, 3.05) is 46.4 Å². The Labute approximate surface area is 160 Å². The molecule has 0 aliphatic carbocycles. The second kappa shape index (κ2) is 11.2. The van der Waals surface area contributed by atoms with Crippen LogP contribution in [0.3, 0.4) is 0 Å². The summed E-state index contributed by atoms with van der Waals surface area (Å²) in [5.41, 5.74) is 0. The van der Waals surface area contributed by atoms with E-state index in [1.807, 2.05) is 18.4 Å². The molecule has 0 saturated carbocycles. The van der Waals surface area contributed by atoms with Crippen molar-refractivity contribution in [3.8, 4) is 0 Å². The number of morpholine rings is 1. The van der Waals surface area contributed by atoms with E-state index in [9.17, 15) is 0 Å². The lowest BCUT2D eigenvalue weighted by molar-refractivity contribution is 0.0320. The quantitative estimate of drug-likeness (QED) is 0.395. The summed E-state index contributed by atoms with van der Waals surface area (Å²) in [6.07, 6.45) is 0. The fourth-order valence-electron chi connectivity index (χ4n) is 2.53. The molecular weight excluding hydrogens is 423 g/mol. The number of ether oxygens (including phenoxy) is 1. The van der Waals surface area contributed by atoms with Gasteiger partial charge < -0.3 is 15.4 Å². The Bertz CT molecular complexity index is 474. The average molecular weight is 452 g/mol. The molecule has 1 unspecified atom stereocenters. The number of hydrogen-bond donors (Lipinski definition) is 2. The smallest absolute Gasteiger partial charge is 0.191 e. The maximum absolute atomic E-state index is 5.39. The molecule has 0 bridgehead atoms. The zero-order valence-corrected chi connectivity index (χ0v) is 17.4. The molecule has 23 heavy (non-hydrogen) atoms. The number of thiophene rings is 1. The molecular formula is C16H29IN4OS. The molecule has 2 rings (SSSR count). The molecule has 1 atom stereocenters. The van der Waals surface area contributed by atoms with Crippen LogP contribution in [0.1, 0.15) is 16.7 Å². The average Bonchev–Trinajstić information content (AvgIpc) is 2.94. The number of aryl methyl sites for hydroxylation is 1. The number of nitrogens with one attached hydrogen (secondary N) is 2. The van der Waals surface area contributed by atoms with Crippen LogP contribution in [-0.4, -0.2) is 57.3 Å². The zero-order valence-electron chi connectivity index (χ0n) is 14.3. The molecule has 7 heteroatoms. The van der Waals surface area contributed by atoms with Crippen molar-refractivity contribution >= 4 is 41.3 Å². The second-order valence-electron chi connectivity index (χ2n) is 5.84. The van der Waals surface area contributed by atoms with E-state index >= 15 is 0 Å². The normalized spacial score (nSPS) is 17.4. The molecule has 1 saturated heterocycles. The van der Waals surface area contributed by atoms with E-state index in [1.54, 1.807) is 0 Å². The lowest BCUT2D eigenvalue weighted by atomic mass is 10.1. The van der Waals surface area contributed by atoms with Gasteiger partial charge in [-0.1, -0.05) is 6.92 Å². The van der Waals surface area contributed by atoms with Gasteiger partial charge in [0.1, 0.15) is 0 Å². The molecule has 1 aliphatic heterocycles. The van der Waals surface area contributed by atoms with Crippen LogP contribution in [0.5, 0.6) is 0 Å². The summed E-state index contributed by atoms with van der Waals surface area (Å²) in [5, 5.41) is 6.80. The summed E-state index contributed by atoms with van der Waals surface area (Å²) >= 11 is 1.82. The minimum Gasteiger partial charge on any atom is -0.379 e. The van der Waals surface area contributed by atoms with Gasteiger partial charge in [0.15, 0.2) is 5.96 Å². The lowest BCUT2D eigenvalue weighted by Crippen LogP contribution is -2.43. The van der Waals surface area contributed by atoms with E-state index in [4.69, 9.17) is 4.74 Å². The number of rotatable bonds is 6. The van der Waals surface area contributed by atoms with Gasteiger partial charge in [0, 0.05) is 43.0 Å². The van der Waals surface area contributed by atoms with E-state index in [1.165, 1.54) is 9.75 Å². The van der Waals surface area contributed by atoms with Gasteiger partial charge in [-0.15, -0.1) is 35.3 Å². The molecule has 1 aromatic heterocycles. The fraction of sp³-hybridized carbons (Fsp3) is 0.688. The predicted octanol–water partition coefficient (Wildman–Crippen LogP) is 2.31. The van der Waals surface area contributed by atoms with E-state index in [2.05, 4.69) is 46.5 Å². The maximum Gasteiger partial charge on any atom is 0.191 e. The summed E-state index contributed by atoms with van der Waals surface area (Å²) in [6, 6.07) is 4.32. The van der Waals surface area contributed by atoms with E-state index < -0.39 is 0 Å². The van der Waals surface area contributed by atoms with Gasteiger partial charge >= 0.3 is 0 Å². The van der Waals surface area contributed by atoms with Gasteiger partial charge in [-0.2, -0.15) is 0 Å². The third kappa shape index (κ3) is 7.82. The molecule has 0 radical (unpaired) electrons. The van der Waals surface area contributed by atoms with Gasteiger partial charge in [-0.25, -0.2) is 0 Å². The standard InChI is InChI=1S/C16H28N4OS.HI/c1-13(12-20-6-8-21-9-7-20)10-18-16(17-3)19-11-15-5-4-14(2)22-15;/h4-5,13H,6-12H2,1-3H3,(H2,17,18,19);1H. The second-order valence-corrected chi connectivity index (χ2v) is 7.21. The molecule has 1 aliphatic rings. The SMILES string of the molecule is CN=C(NCc1ccc(C)s1)NCC(C)CN1CCOCC1.I. The highest BCUT2D eigenvalue weighted by Gasteiger charge is 2.13. The third-order valence-corrected chi connectivity index (χ3v) is 4.74. The van der Waals surface area contributed by atoms with Crippen LogP contribution < -0.4 is 10.6 Å². The Morgan fingerprint density at radius 1 is 1.35 bits per heavy atom. The van der Waals surface area contributed by atoms with Crippen LogP contribution in [-0.2, 0) is 11.3 Å². The molecule has 2 heterocycles. The van der Waals surface area contributed by atoms with Crippen molar-refractivity contribution in [1.82, 2.24) is 15.5 Å². The van der Waals surface area contributed by atoms with E-state index in [-0.39, 0.29) is 24.0 Å². The molecule has 1 aromatic rings. The molecule has 2 N–H and O–H groups in total. The van der Waals surface area contributed by atoms with Crippen LogP contribution in [0, 0.1) is 12.8 Å². The van der Waals surface area contributed by atoms with Crippen molar-refractivity contribution in [2.45, 2.75) is 20.4 Å². The first-order valence-electron chi connectivity index (χ1n) is 7.97. The maximum atomic E-state index is 5.39. The van der Waals surface area contributed by atoms with Gasteiger partial charge in [0.05, 0.1) is 19.8 Å². The fourth-order valence-corrected chi connectivity index (χ4v) is 3.36. The predicted molar refractivity (Wildman–Crippen MR) is 109 cm³/mol. The highest BCUT2D eigenvalue weighted by atomic mass is 127. The highest BCUT2D eigenvalue weighted by Crippen LogP contribution is 2.14. The van der Waals surface area contributed by atoms with E-state index in [0.29, 0.717) is 5.92 Å². The summed E-state index contributed by atoms with van der Waals surface area (Å²) in [4.78, 5) is 9.45. The summed E-state index contributed by atoms with van der Waals surface area (Å²) < 4.78 is 5.39. The molecule has 0 aromatic carbocycles. The monoisotopic (exact) mass is 452 g/mol. The van der Waals surface area contributed by atoms with Crippen LogP contribution in [0.15, 0.2) is 17.1 Å². The first-order valence-corrected chi connectivity index (χ1v) is 8.79. The van der Waals surface area contributed by atoms with Crippen molar-refractivity contribution in [3.05, 3.63) is 21.9 Å². The Hall–Kier alpha value is -0.380. The third-order valence-electron chi connectivity index (χ3n) is 3.74. The largest absolute Gasteiger partial charge is 0.379 e. The Balaban J connectivity index is 0.00000264. The van der Waals surface area contributed by atoms with Crippen LogP contribution in [0.25, 0.3) is 0 Å². The van der Waals surface area contributed by atoms with Crippen molar-refractivity contribution in [1.29, 1.82) is 0 Å². The van der Waals surface area contributed by atoms with Gasteiger partial charge in [0.2, 0.25) is 0 Å². The van der Waals surface area contributed by atoms with Crippen LogP contribution in [0.4, 0.5) is 0 Å². The minimum absolute atomic E-state index is 0. The van der Waals surface area contributed by atoms with Crippen molar-refractivity contribution in [3.63, 3.8) is 0 Å². The van der Waals surface area contributed by atoms with Gasteiger partial charge in [0.25, 0.3) is 0 Å². The first-order chi connectivity index (χ1) is 10.7. The van der Waals surface area contributed by atoms with Crippen LogP contribution >= 0.6 is 35.3 Å². The molecule has 132 valence electrons. The Morgan fingerprint density at radius 2 is 2.09 bits per heavy atom. The molecule has 0 amide bonds. The summed E-state index contributed by atoms with van der Waals surface area (Å²) in [5.74, 6) is 1.46.